The summed E-state index contributed by atoms with van der Waals surface area (Å²) in [4.78, 5) is 25.2. The monoisotopic (exact) mass is 292 g/mol. The summed E-state index contributed by atoms with van der Waals surface area (Å²) in [6.45, 7) is 7.60. The predicted octanol–water partition coefficient (Wildman–Crippen LogP) is 2.87. The van der Waals surface area contributed by atoms with Crippen LogP contribution in [-0.4, -0.2) is 31.2 Å². The zero-order valence-corrected chi connectivity index (χ0v) is 13.4. The van der Waals surface area contributed by atoms with E-state index in [2.05, 4.69) is 5.32 Å². The van der Waals surface area contributed by atoms with Gasteiger partial charge >= 0.3 is 6.09 Å². The van der Waals surface area contributed by atoms with Crippen molar-refractivity contribution in [1.29, 1.82) is 0 Å². The highest BCUT2D eigenvalue weighted by Gasteiger charge is 2.17. The summed E-state index contributed by atoms with van der Waals surface area (Å²) in [6.07, 6.45) is -0.279. The molecule has 0 spiro atoms. The van der Waals surface area contributed by atoms with Crippen molar-refractivity contribution in [1.82, 2.24) is 5.32 Å². The molecule has 0 unspecified atom stereocenters. The zero-order valence-electron chi connectivity index (χ0n) is 13.4. The number of rotatable bonds is 4. The lowest BCUT2D eigenvalue weighted by Gasteiger charge is -2.21. The van der Waals surface area contributed by atoms with E-state index in [0.29, 0.717) is 0 Å². The lowest BCUT2D eigenvalue weighted by Crippen LogP contribution is -2.35. The quantitative estimate of drug-likeness (QED) is 0.928. The van der Waals surface area contributed by atoms with E-state index < -0.39 is 11.7 Å². The highest BCUT2D eigenvalue weighted by atomic mass is 16.6. The van der Waals surface area contributed by atoms with Gasteiger partial charge in [-0.15, -0.1) is 0 Å². The standard InChI is InChI=1S/C16H24N2O3/c1-12-8-6-7-9-13(12)18(5)14(19)10-11-17-15(20)21-16(2,3)4/h6-9H,10-11H2,1-5H3,(H,17,20). The van der Waals surface area contributed by atoms with Crippen LogP contribution in [0.3, 0.4) is 0 Å². The van der Waals surface area contributed by atoms with E-state index in [9.17, 15) is 9.59 Å². The molecule has 0 saturated carbocycles. The molecule has 116 valence electrons. The van der Waals surface area contributed by atoms with Crippen molar-refractivity contribution in [2.24, 2.45) is 0 Å². The van der Waals surface area contributed by atoms with Crippen LogP contribution < -0.4 is 10.2 Å². The minimum atomic E-state index is -0.536. The topological polar surface area (TPSA) is 58.6 Å². The minimum absolute atomic E-state index is 0.0552. The van der Waals surface area contributed by atoms with E-state index in [1.165, 1.54) is 0 Å². The molecule has 0 atom stereocenters. The summed E-state index contributed by atoms with van der Waals surface area (Å²) in [5.41, 5.74) is 1.37. The van der Waals surface area contributed by atoms with Crippen LogP contribution in [-0.2, 0) is 9.53 Å². The average molecular weight is 292 g/mol. The second-order valence-electron chi connectivity index (χ2n) is 5.92. The van der Waals surface area contributed by atoms with Crippen LogP contribution in [0.1, 0.15) is 32.8 Å². The number of benzene rings is 1. The smallest absolute Gasteiger partial charge is 0.407 e. The Hall–Kier alpha value is -2.04. The number of carbonyl (C=O) groups is 2. The van der Waals surface area contributed by atoms with Crippen LogP contribution in [0.4, 0.5) is 10.5 Å². The van der Waals surface area contributed by atoms with Crippen molar-refractivity contribution >= 4 is 17.7 Å². The first-order chi connectivity index (χ1) is 9.70. The number of para-hydroxylation sites is 1. The number of hydrogen-bond acceptors (Lipinski definition) is 3. The third kappa shape index (κ3) is 5.85. The molecule has 0 aliphatic carbocycles. The van der Waals surface area contributed by atoms with Crippen molar-refractivity contribution < 1.29 is 14.3 Å². The number of nitrogens with one attached hydrogen (secondary N) is 1. The van der Waals surface area contributed by atoms with E-state index in [1.54, 1.807) is 32.7 Å². The van der Waals surface area contributed by atoms with Gasteiger partial charge in [-0.3, -0.25) is 4.79 Å². The molecule has 0 fully saturated rings. The van der Waals surface area contributed by atoms with Crippen molar-refractivity contribution in [2.75, 3.05) is 18.5 Å². The van der Waals surface area contributed by atoms with Crippen molar-refractivity contribution in [3.63, 3.8) is 0 Å². The Morgan fingerprint density at radius 3 is 2.43 bits per heavy atom. The predicted molar refractivity (Wildman–Crippen MR) is 83.4 cm³/mol. The van der Waals surface area contributed by atoms with Crippen LogP contribution in [0.5, 0.6) is 0 Å². The van der Waals surface area contributed by atoms with E-state index in [0.717, 1.165) is 11.3 Å². The fourth-order valence-electron chi connectivity index (χ4n) is 1.83. The fourth-order valence-corrected chi connectivity index (χ4v) is 1.83. The second-order valence-corrected chi connectivity index (χ2v) is 5.92. The summed E-state index contributed by atoms with van der Waals surface area (Å²) in [5.74, 6) is -0.0552. The lowest BCUT2D eigenvalue weighted by molar-refractivity contribution is -0.118. The van der Waals surface area contributed by atoms with Crippen molar-refractivity contribution in [3.8, 4) is 0 Å². The van der Waals surface area contributed by atoms with Gasteiger partial charge in [-0.25, -0.2) is 4.79 Å². The number of alkyl carbamates (subject to hydrolysis) is 1. The molecule has 1 aromatic rings. The number of carbonyl (C=O) groups excluding carboxylic acids is 2. The SMILES string of the molecule is Cc1ccccc1N(C)C(=O)CCNC(=O)OC(C)(C)C. The molecule has 0 saturated heterocycles. The highest BCUT2D eigenvalue weighted by molar-refractivity contribution is 5.93. The van der Waals surface area contributed by atoms with E-state index in [-0.39, 0.29) is 18.9 Å². The van der Waals surface area contributed by atoms with Gasteiger partial charge in [0.15, 0.2) is 0 Å². The third-order valence-electron chi connectivity index (χ3n) is 2.86. The summed E-state index contributed by atoms with van der Waals surface area (Å²) >= 11 is 0. The summed E-state index contributed by atoms with van der Waals surface area (Å²) in [7, 11) is 1.73. The normalized spacial score (nSPS) is 10.9. The molecular weight excluding hydrogens is 268 g/mol. The molecule has 0 aromatic heterocycles. The molecule has 0 bridgehead atoms. The maximum Gasteiger partial charge on any atom is 0.407 e. The number of aryl methyl sites for hydroxylation is 1. The third-order valence-corrected chi connectivity index (χ3v) is 2.86. The second kappa shape index (κ2) is 7.11. The van der Waals surface area contributed by atoms with Gasteiger partial charge in [-0.2, -0.15) is 0 Å². The van der Waals surface area contributed by atoms with Crippen molar-refractivity contribution in [3.05, 3.63) is 29.8 Å². The van der Waals surface area contributed by atoms with Crippen LogP contribution in [0.25, 0.3) is 0 Å². The van der Waals surface area contributed by atoms with Gasteiger partial charge in [0.25, 0.3) is 0 Å². The maximum absolute atomic E-state index is 12.1. The first kappa shape index (κ1) is 17.0. The summed E-state index contributed by atoms with van der Waals surface area (Å²) in [6, 6.07) is 7.68. The van der Waals surface area contributed by atoms with Gasteiger partial charge in [0.2, 0.25) is 5.91 Å². The first-order valence-corrected chi connectivity index (χ1v) is 7.00. The van der Waals surface area contributed by atoms with Crippen LogP contribution >= 0.6 is 0 Å². The summed E-state index contributed by atoms with van der Waals surface area (Å²) in [5, 5.41) is 2.58. The molecule has 0 heterocycles. The number of nitrogens with zero attached hydrogens (tertiary/aromatic N) is 1. The molecule has 5 heteroatoms. The molecule has 0 aliphatic rings. The molecule has 0 radical (unpaired) electrons. The number of anilines is 1. The Morgan fingerprint density at radius 1 is 1.24 bits per heavy atom. The Labute approximate surface area is 126 Å². The van der Waals surface area contributed by atoms with E-state index in [4.69, 9.17) is 4.74 Å². The summed E-state index contributed by atoms with van der Waals surface area (Å²) < 4.78 is 5.11. The van der Waals surface area contributed by atoms with Gasteiger partial charge < -0.3 is 15.0 Å². The number of ether oxygens (including phenoxy) is 1. The van der Waals surface area contributed by atoms with Crippen molar-refractivity contribution in [2.45, 2.75) is 39.7 Å². The number of hydrogen-bond donors (Lipinski definition) is 1. The molecule has 21 heavy (non-hydrogen) atoms. The Morgan fingerprint density at radius 2 is 1.86 bits per heavy atom. The van der Waals surface area contributed by atoms with E-state index in [1.807, 2.05) is 31.2 Å². The Bertz CT molecular complexity index is 506. The van der Waals surface area contributed by atoms with Gasteiger partial charge in [-0.1, -0.05) is 18.2 Å². The minimum Gasteiger partial charge on any atom is -0.444 e. The van der Waals surface area contributed by atoms with Gasteiger partial charge in [0.05, 0.1) is 0 Å². The molecule has 2 amide bonds. The van der Waals surface area contributed by atoms with Crippen LogP contribution in [0.15, 0.2) is 24.3 Å². The maximum atomic E-state index is 12.1. The van der Waals surface area contributed by atoms with Gasteiger partial charge in [0.1, 0.15) is 5.60 Å². The largest absolute Gasteiger partial charge is 0.444 e. The molecule has 1 N–H and O–H groups in total. The molecule has 5 nitrogen and oxygen atoms in total. The average Bonchev–Trinajstić information content (AvgIpc) is 2.36. The molecule has 1 aromatic carbocycles. The van der Waals surface area contributed by atoms with Crippen LogP contribution in [0, 0.1) is 6.92 Å². The highest BCUT2D eigenvalue weighted by Crippen LogP contribution is 2.18. The lowest BCUT2D eigenvalue weighted by atomic mass is 10.2. The molecule has 0 aliphatic heterocycles. The Kier molecular flexibility index (Phi) is 5.76. The molecule has 1 rings (SSSR count). The Balaban J connectivity index is 2.44. The van der Waals surface area contributed by atoms with E-state index >= 15 is 0 Å². The van der Waals surface area contributed by atoms with Gasteiger partial charge in [0, 0.05) is 25.7 Å². The number of amides is 2. The zero-order chi connectivity index (χ0) is 16.0. The fraction of sp³-hybridized carbons (Fsp3) is 0.500. The molecular formula is C16H24N2O3. The van der Waals surface area contributed by atoms with Gasteiger partial charge in [-0.05, 0) is 39.3 Å². The van der Waals surface area contributed by atoms with Crippen LogP contribution in [0.2, 0.25) is 0 Å². The first-order valence-electron chi connectivity index (χ1n) is 7.00.